The molecule has 110 valence electrons. The molecule has 0 bridgehead atoms. The molecule has 3 rings (SSSR count). The van der Waals surface area contributed by atoms with Crippen molar-refractivity contribution in [2.75, 3.05) is 13.2 Å². The Balaban J connectivity index is 1.54. The fourth-order valence-corrected chi connectivity index (χ4v) is 2.72. The average molecular weight is 285 g/mol. The van der Waals surface area contributed by atoms with Gasteiger partial charge in [-0.15, -0.1) is 0 Å². The van der Waals surface area contributed by atoms with Crippen molar-refractivity contribution in [3.63, 3.8) is 0 Å². The maximum atomic E-state index is 13.2. The Labute approximate surface area is 125 Å². The van der Waals surface area contributed by atoms with Gasteiger partial charge in [-0.2, -0.15) is 0 Å². The highest BCUT2D eigenvalue weighted by atomic mass is 19.1. The van der Waals surface area contributed by atoms with Crippen molar-refractivity contribution in [1.29, 1.82) is 0 Å². The molecule has 3 heteroatoms. The number of hydrogen-bond donors (Lipinski definition) is 1. The van der Waals surface area contributed by atoms with Gasteiger partial charge in [0.25, 0.3) is 0 Å². The van der Waals surface area contributed by atoms with E-state index in [1.54, 1.807) is 12.1 Å². The Bertz CT molecular complexity index is 626. The van der Waals surface area contributed by atoms with E-state index in [0.29, 0.717) is 0 Å². The van der Waals surface area contributed by atoms with Crippen molar-refractivity contribution in [3.05, 3.63) is 65.0 Å². The fourth-order valence-electron chi connectivity index (χ4n) is 2.72. The van der Waals surface area contributed by atoms with Gasteiger partial charge in [0, 0.05) is 12.5 Å². The smallest absolute Gasteiger partial charge is 0.123 e. The van der Waals surface area contributed by atoms with Crippen LogP contribution in [0.3, 0.4) is 0 Å². The van der Waals surface area contributed by atoms with Crippen molar-refractivity contribution in [1.82, 2.24) is 5.32 Å². The van der Waals surface area contributed by atoms with Crippen LogP contribution in [-0.2, 0) is 12.8 Å². The fraction of sp³-hybridized carbons (Fsp3) is 0.333. The van der Waals surface area contributed by atoms with E-state index < -0.39 is 0 Å². The Kier molecular flexibility index (Phi) is 4.20. The molecule has 0 saturated heterocycles. The summed E-state index contributed by atoms with van der Waals surface area (Å²) in [5.41, 5.74) is 3.61. The molecule has 0 aliphatic carbocycles. The molecule has 1 atom stereocenters. The molecule has 1 aliphatic heterocycles. The minimum Gasteiger partial charge on any atom is -0.493 e. The predicted octanol–water partition coefficient (Wildman–Crippen LogP) is 3.65. The van der Waals surface area contributed by atoms with Gasteiger partial charge in [-0.1, -0.05) is 24.3 Å². The molecule has 0 saturated carbocycles. The molecule has 1 N–H and O–H groups in total. The maximum Gasteiger partial charge on any atom is 0.123 e. The lowest BCUT2D eigenvalue weighted by molar-refractivity contribution is 0.357. The lowest BCUT2D eigenvalue weighted by Gasteiger charge is -2.14. The zero-order valence-electron chi connectivity index (χ0n) is 12.2. The van der Waals surface area contributed by atoms with E-state index in [-0.39, 0.29) is 11.9 Å². The highest BCUT2D eigenvalue weighted by molar-refractivity contribution is 5.39. The summed E-state index contributed by atoms with van der Waals surface area (Å²) in [4.78, 5) is 0. The van der Waals surface area contributed by atoms with Crippen LogP contribution in [0.25, 0.3) is 0 Å². The molecule has 0 fully saturated rings. The number of benzene rings is 2. The molecule has 0 unspecified atom stereocenters. The molecule has 0 amide bonds. The Hall–Kier alpha value is -1.87. The van der Waals surface area contributed by atoms with Crippen LogP contribution in [0.1, 0.15) is 29.7 Å². The second kappa shape index (κ2) is 6.27. The van der Waals surface area contributed by atoms with Crippen LogP contribution in [0, 0.1) is 5.82 Å². The van der Waals surface area contributed by atoms with Gasteiger partial charge in [0.2, 0.25) is 0 Å². The molecule has 1 heterocycles. The van der Waals surface area contributed by atoms with Crippen LogP contribution < -0.4 is 10.1 Å². The van der Waals surface area contributed by atoms with Gasteiger partial charge >= 0.3 is 0 Å². The largest absolute Gasteiger partial charge is 0.493 e. The van der Waals surface area contributed by atoms with Gasteiger partial charge in [-0.05, 0) is 54.8 Å². The zero-order valence-corrected chi connectivity index (χ0v) is 12.2. The summed E-state index contributed by atoms with van der Waals surface area (Å²) in [5.74, 6) is 0.847. The minimum atomic E-state index is -0.181. The maximum absolute atomic E-state index is 13.2. The van der Waals surface area contributed by atoms with Crippen LogP contribution >= 0.6 is 0 Å². The predicted molar refractivity (Wildman–Crippen MR) is 82.2 cm³/mol. The standard InChI is InChI=1S/C18H20FNO/c1-13(15-3-2-4-17(19)12-15)20-9-7-14-5-6-18-16(11-14)8-10-21-18/h2-6,11-13,20H,7-10H2,1H3/t13-/m1/s1. The lowest BCUT2D eigenvalue weighted by atomic mass is 10.1. The number of ether oxygens (including phenoxy) is 1. The highest BCUT2D eigenvalue weighted by Gasteiger charge is 2.12. The van der Waals surface area contributed by atoms with Crippen molar-refractivity contribution in [3.8, 4) is 5.75 Å². The first-order chi connectivity index (χ1) is 10.2. The average Bonchev–Trinajstić information content (AvgIpc) is 2.94. The van der Waals surface area contributed by atoms with Crippen LogP contribution in [0.15, 0.2) is 42.5 Å². The Morgan fingerprint density at radius 1 is 1.24 bits per heavy atom. The molecular formula is C18H20FNO. The highest BCUT2D eigenvalue weighted by Crippen LogP contribution is 2.26. The lowest BCUT2D eigenvalue weighted by Crippen LogP contribution is -2.21. The van der Waals surface area contributed by atoms with Crippen molar-refractivity contribution < 1.29 is 9.13 Å². The number of fused-ring (bicyclic) bond motifs is 1. The van der Waals surface area contributed by atoms with Crippen LogP contribution in [0.4, 0.5) is 4.39 Å². The van der Waals surface area contributed by atoms with Gasteiger partial charge in [0.1, 0.15) is 11.6 Å². The van der Waals surface area contributed by atoms with E-state index in [0.717, 1.165) is 37.3 Å². The molecule has 2 nitrogen and oxygen atoms in total. The molecule has 21 heavy (non-hydrogen) atoms. The number of rotatable bonds is 5. The second-order valence-electron chi connectivity index (χ2n) is 5.52. The summed E-state index contributed by atoms with van der Waals surface area (Å²) < 4.78 is 18.7. The molecule has 0 radical (unpaired) electrons. The summed E-state index contributed by atoms with van der Waals surface area (Å²) in [6.45, 7) is 3.73. The van der Waals surface area contributed by atoms with Crippen molar-refractivity contribution in [2.24, 2.45) is 0 Å². The van der Waals surface area contributed by atoms with Gasteiger partial charge < -0.3 is 10.1 Å². The number of nitrogens with one attached hydrogen (secondary N) is 1. The van der Waals surface area contributed by atoms with Crippen LogP contribution in [-0.4, -0.2) is 13.2 Å². The van der Waals surface area contributed by atoms with Gasteiger partial charge in [-0.25, -0.2) is 4.39 Å². The van der Waals surface area contributed by atoms with E-state index in [1.165, 1.54) is 17.2 Å². The molecule has 2 aromatic rings. The topological polar surface area (TPSA) is 21.3 Å². The molecule has 2 aromatic carbocycles. The summed E-state index contributed by atoms with van der Waals surface area (Å²) in [5, 5.41) is 3.44. The zero-order chi connectivity index (χ0) is 14.7. The summed E-state index contributed by atoms with van der Waals surface area (Å²) >= 11 is 0. The first kappa shape index (κ1) is 14.1. The first-order valence-electron chi connectivity index (χ1n) is 7.46. The molecule has 0 spiro atoms. The van der Waals surface area contributed by atoms with Crippen molar-refractivity contribution in [2.45, 2.75) is 25.8 Å². The number of halogens is 1. The van der Waals surface area contributed by atoms with E-state index in [2.05, 4.69) is 30.4 Å². The summed E-state index contributed by atoms with van der Waals surface area (Å²) in [7, 11) is 0. The third-order valence-corrected chi connectivity index (χ3v) is 3.97. The third-order valence-electron chi connectivity index (χ3n) is 3.97. The molecule has 1 aliphatic rings. The third kappa shape index (κ3) is 3.42. The Morgan fingerprint density at radius 2 is 2.14 bits per heavy atom. The van der Waals surface area contributed by atoms with E-state index >= 15 is 0 Å². The van der Waals surface area contributed by atoms with Crippen LogP contribution in [0.5, 0.6) is 5.75 Å². The second-order valence-corrected chi connectivity index (χ2v) is 5.52. The summed E-state index contributed by atoms with van der Waals surface area (Å²) in [6.07, 6.45) is 1.98. The number of hydrogen-bond acceptors (Lipinski definition) is 2. The summed E-state index contributed by atoms with van der Waals surface area (Å²) in [6, 6.07) is 13.3. The van der Waals surface area contributed by atoms with Crippen LogP contribution in [0.2, 0.25) is 0 Å². The van der Waals surface area contributed by atoms with Gasteiger partial charge in [0.15, 0.2) is 0 Å². The Morgan fingerprint density at radius 3 is 3.00 bits per heavy atom. The van der Waals surface area contributed by atoms with E-state index in [4.69, 9.17) is 4.74 Å². The minimum absolute atomic E-state index is 0.151. The SMILES string of the molecule is C[C@@H](NCCc1ccc2c(c1)CCO2)c1cccc(F)c1. The quantitative estimate of drug-likeness (QED) is 0.905. The molecular weight excluding hydrogens is 265 g/mol. The van der Waals surface area contributed by atoms with E-state index in [9.17, 15) is 4.39 Å². The molecule has 0 aromatic heterocycles. The monoisotopic (exact) mass is 285 g/mol. The van der Waals surface area contributed by atoms with Gasteiger partial charge in [0.05, 0.1) is 6.61 Å². The van der Waals surface area contributed by atoms with E-state index in [1.807, 2.05) is 6.07 Å². The first-order valence-corrected chi connectivity index (χ1v) is 7.46. The van der Waals surface area contributed by atoms with Gasteiger partial charge in [-0.3, -0.25) is 0 Å². The normalized spacial score (nSPS) is 14.6. The van der Waals surface area contributed by atoms with Crippen molar-refractivity contribution >= 4 is 0 Å².